The lowest BCUT2D eigenvalue weighted by Crippen LogP contribution is -2.22. The molecule has 1 heterocycles. The van der Waals surface area contributed by atoms with Gasteiger partial charge in [-0.15, -0.1) is 0 Å². The standard InChI is InChI=1S/C19H20N2/c1-14(2)21-12-16-8-4-6-10-18(16)19-13-20-11-15-7-3-5-9-17(15)19/h3-11,13-14,21H,12H2,1-2H3. The molecule has 0 radical (unpaired) electrons. The van der Waals surface area contributed by atoms with Gasteiger partial charge in [-0.2, -0.15) is 0 Å². The first-order valence-corrected chi connectivity index (χ1v) is 7.40. The Morgan fingerprint density at radius 3 is 2.52 bits per heavy atom. The van der Waals surface area contributed by atoms with Gasteiger partial charge in [-0.05, 0) is 16.5 Å². The summed E-state index contributed by atoms with van der Waals surface area (Å²) >= 11 is 0. The second-order valence-corrected chi connectivity index (χ2v) is 5.60. The van der Waals surface area contributed by atoms with E-state index in [1.807, 2.05) is 12.4 Å². The maximum Gasteiger partial charge on any atom is 0.0352 e. The molecule has 2 aromatic carbocycles. The van der Waals surface area contributed by atoms with Crippen molar-refractivity contribution in [3.05, 3.63) is 66.5 Å². The van der Waals surface area contributed by atoms with Crippen molar-refractivity contribution >= 4 is 10.8 Å². The molecular formula is C19H20N2. The summed E-state index contributed by atoms with van der Waals surface area (Å²) in [4.78, 5) is 4.41. The molecule has 0 fully saturated rings. The van der Waals surface area contributed by atoms with Gasteiger partial charge in [-0.1, -0.05) is 62.4 Å². The van der Waals surface area contributed by atoms with E-state index in [0.29, 0.717) is 6.04 Å². The van der Waals surface area contributed by atoms with Gasteiger partial charge < -0.3 is 5.32 Å². The summed E-state index contributed by atoms with van der Waals surface area (Å²) in [5.74, 6) is 0. The molecule has 0 unspecified atom stereocenters. The van der Waals surface area contributed by atoms with Crippen molar-refractivity contribution in [2.24, 2.45) is 0 Å². The number of nitrogens with one attached hydrogen (secondary N) is 1. The molecule has 0 aliphatic heterocycles. The molecule has 106 valence electrons. The van der Waals surface area contributed by atoms with Gasteiger partial charge in [0.25, 0.3) is 0 Å². The first-order valence-electron chi connectivity index (χ1n) is 7.40. The van der Waals surface area contributed by atoms with Crippen molar-refractivity contribution in [1.82, 2.24) is 10.3 Å². The topological polar surface area (TPSA) is 24.9 Å². The minimum absolute atomic E-state index is 0.476. The zero-order valence-corrected chi connectivity index (χ0v) is 12.5. The van der Waals surface area contributed by atoms with Crippen LogP contribution in [-0.2, 0) is 6.54 Å². The van der Waals surface area contributed by atoms with Gasteiger partial charge in [0.15, 0.2) is 0 Å². The Kier molecular flexibility index (Phi) is 3.98. The quantitative estimate of drug-likeness (QED) is 0.764. The minimum Gasteiger partial charge on any atom is -0.310 e. The highest BCUT2D eigenvalue weighted by atomic mass is 14.9. The Labute approximate surface area is 125 Å². The van der Waals surface area contributed by atoms with Crippen molar-refractivity contribution < 1.29 is 0 Å². The molecule has 3 aromatic rings. The summed E-state index contributed by atoms with van der Waals surface area (Å²) in [5, 5.41) is 5.94. The summed E-state index contributed by atoms with van der Waals surface area (Å²) in [7, 11) is 0. The molecule has 0 saturated heterocycles. The minimum atomic E-state index is 0.476. The molecular weight excluding hydrogens is 256 g/mol. The van der Waals surface area contributed by atoms with E-state index in [9.17, 15) is 0 Å². The molecule has 0 aliphatic rings. The number of pyridine rings is 1. The van der Waals surface area contributed by atoms with Crippen molar-refractivity contribution in [1.29, 1.82) is 0 Å². The summed E-state index contributed by atoms with van der Waals surface area (Å²) < 4.78 is 0. The van der Waals surface area contributed by atoms with Crippen LogP contribution in [0.25, 0.3) is 21.9 Å². The molecule has 0 amide bonds. The third kappa shape index (κ3) is 2.96. The average molecular weight is 276 g/mol. The monoisotopic (exact) mass is 276 g/mol. The maximum absolute atomic E-state index is 4.41. The van der Waals surface area contributed by atoms with Crippen molar-refractivity contribution in [2.45, 2.75) is 26.4 Å². The number of aromatic nitrogens is 1. The average Bonchev–Trinajstić information content (AvgIpc) is 2.53. The number of rotatable bonds is 4. The largest absolute Gasteiger partial charge is 0.310 e. The van der Waals surface area contributed by atoms with Gasteiger partial charge in [0.05, 0.1) is 0 Å². The molecule has 0 bridgehead atoms. The predicted molar refractivity (Wildman–Crippen MR) is 89.2 cm³/mol. The number of fused-ring (bicyclic) bond motifs is 1. The van der Waals surface area contributed by atoms with E-state index < -0.39 is 0 Å². The van der Waals surface area contributed by atoms with Gasteiger partial charge in [-0.25, -0.2) is 0 Å². The number of hydrogen-bond donors (Lipinski definition) is 1. The molecule has 21 heavy (non-hydrogen) atoms. The Hall–Kier alpha value is -2.19. The molecule has 1 N–H and O–H groups in total. The Bertz CT molecular complexity index is 742. The molecule has 0 saturated carbocycles. The Morgan fingerprint density at radius 1 is 0.905 bits per heavy atom. The van der Waals surface area contributed by atoms with Gasteiger partial charge in [-0.3, -0.25) is 4.98 Å². The van der Waals surface area contributed by atoms with E-state index in [2.05, 4.69) is 72.7 Å². The van der Waals surface area contributed by atoms with Gasteiger partial charge in [0.2, 0.25) is 0 Å². The summed E-state index contributed by atoms with van der Waals surface area (Å²) in [6.45, 7) is 5.21. The first kappa shape index (κ1) is 13.8. The van der Waals surface area contributed by atoms with Crippen LogP contribution >= 0.6 is 0 Å². The van der Waals surface area contributed by atoms with Crippen LogP contribution in [0, 0.1) is 0 Å². The molecule has 1 aromatic heterocycles. The van der Waals surface area contributed by atoms with E-state index in [1.165, 1.54) is 27.5 Å². The Morgan fingerprint density at radius 2 is 1.67 bits per heavy atom. The SMILES string of the molecule is CC(C)NCc1ccccc1-c1cncc2ccccc12. The first-order chi connectivity index (χ1) is 10.3. The van der Waals surface area contributed by atoms with Crippen LogP contribution in [0.15, 0.2) is 60.9 Å². The zero-order chi connectivity index (χ0) is 14.7. The van der Waals surface area contributed by atoms with E-state index in [4.69, 9.17) is 0 Å². The van der Waals surface area contributed by atoms with Gasteiger partial charge in [0.1, 0.15) is 0 Å². The fraction of sp³-hybridized carbons (Fsp3) is 0.211. The van der Waals surface area contributed by atoms with E-state index in [0.717, 1.165) is 6.54 Å². The molecule has 2 nitrogen and oxygen atoms in total. The summed E-state index contributed by atoms with van der Waals surface area (Å²) in [6, 6.07) is 17.5. The molecule has 3 rings (SSSR count). The fourth-order valence-electron chi connectivity index (χ4n) is 2.58. The second-order valence-electron chi connectivity index (χ2n) is 5.60. The molecule has 0 aliphatic carbocycles. The van der Waals surface area contributed by atoms with Crippen LogP contribution in [0.5, 0.6) is 0 Å². The lowest BCUT2D eigenvalue weighted by Gasteiger charge is -2.14. The van der Waals surface area contributed by atoms with E-state index in [-0.39, 0.29) is 0 Å². The second kappa shape index (κ2) is 6.06. The normalized spacial score (nSPS) is 11.2. The summed E-state index contributed by atoms with van der Waals surface area (Å²) in [5.41, 5.74) is 3.77. The van der Waals surface area contributed by atoms with Crippen molar-refractivity contribution in [2.75, 3.05) is 0 Å². The third-order valence-electron chi connectivity index (χ3n) is 3.68. The van der Waals surface area contributed by atoms with Crippen LogP contribution in [-0.4, -0.2) is 11.0 Å². The number of benzene rings is 2. The fourth-order valence-corrected chi connectivity index (χ4v) is 2.58. The van der Waals surface area contributed by atoms with Crippen molar-refractivity contribution in [3.8, 4) is 11.1 Å². The number of nitrogens with zero attached hydrogens (tertiary/aromatic N) is 1. The zero-order valence-electron chi connectivity index (χ0n) is 12.5. The van der Waals surface area contributed by atoms with Crippen LogP contribution in [0.1, 0.15) is 19.4 Å². The number of hydrogen-bond acceptors (Lipinski definition) is 2. The highest BCUT2D eigenvalue weighted by Gasteiger charge is 2.08. The van der Waals surface area contributed by atoms with Gasteiger partial charge in [0, 0.05) is 35.9 Å². The molecule has 2 heteroatoms. The predicted octanol–water partition coefficient (Wildman–Crippen LogP) is 4.40. The van der Waals surface area contributed by atoms with Crippen molar-refractivity contribution in [3.63, 3.8) is 0 Å². The van der Waals surface area contributed by atoms with Crippen LogP contribution in [0.2, 0.25) is 0 Å². The van der Waals surface area contributed by atoms with E-state index >= 15 is 0 Å². The van der Waals surface area contributed by atoms with Gasteiger partial charge >= 0.3 is 0 Å². The summed E-state index contributed by atoms with van der Waals surface area (Å²) in [6.07, 6.45) is 3.89. The third-order valence-corrected chi connectivity index (χ3v) is 3.68. The van der Waals surface area contributed by atoms with E-state index in [1.54, 1.807) is 0 Å². The molecule has 0 atom stereocenters. The smallest absolute Gasteiger partial charge is 0.0352 e. The van der Waals surface area contributed by atoms with Crippen LogP contribution in [0.3, 0.4) is 0 Å². The van der Waals surface area contributed by atoms with Crippen LogP contribution < -0.4 is 5.32 Å². The lowest BCUT2D eigenvalue weighted by molar-refractivity contribution is 0.589. The highest BCUT2D eigenvalue weighted by Crippen LogP contribution is 2.30. The lowest BCUT2D eigenvalue weighted by atomic mass is 9.96. The maximum atomic E-state index is 4.41. The van der Waals surface area contributed by atoms with Crippen LogP contribution in [0.4, 0.5) is 0 Å². The molecule has 0 spiro atoms. The Balaban J connectivity index is 2.10. The highest BCUT2D eigenvalue weighted by molar-refractivity contribution is 5.96.